The largest absolute Gasteiger partial charge is 0.371 e. The molecule has 3 rings (SSSR count). The molecular weight excluding hydrogens is 314 g/mol. The highest BCUT2D eigenvalue weighted by molar-refractivity contribution is 5.84. The van der Waals surface area contributed by atoms with Gasteiger partial charge in [-0.1, -0.05) is 30.3 Å². The molecule has 0 radical (unpaired) electrons. The lowest BCUT2D eigenvalue weighted by Crippen LogP contribution is -2.42. The van der Waals surface area contributed by atoms with Crippen LogP contribution >= 0.6 is 0 Å². The van der Waals surface area contributed by atoms with Gasteiger partial charge in [0.1, 0.15) is 0 Å². The van der Waals surface area contributed by atoms with Crippen LogP contribution in [-0.2, 0) is 16.1 Å². The molecule has 134 valence electrons. The van der Waals surface area contributed by atoms with Crippen LogP contribution in [-0.4, -0.2) is 28.3 Å². The molecular formula is C20H27N3O2. The predicted molar refractivity (Wildman–Crippen MR) is 97.3 cm³/mol. The van der Waals surface area contributed by atoms with E-state index < -0.39 is 0 Å². The Balaban J connectivity index is 1.58. The summed E-state index contributed by atoms with van der Waals surface area (Å²) in [7, 11) is 0. The van der Waals surface area contributed by atoms with E-state index in [0.29, 0.717) is 6.61 Å². The first-order valence-corrected chi connectivity index (χ1v) is 9.03. The zero-order valence-electron chi connectivity index (χ0n) is 15.2. The van der Waals surface area contributed by atoms with Gasteiger partial charge in [0, 0.05) is 11.3 Å². The Morgan fingerprint density at radius 3 is 2.76 bits per heavy atom. The van der Waals surface area contributed by atoms with Gasteiger partial charge in [-0.05, 0) is 45.6 Å². The van der Waals surface area contributed by atoms with Crippen molar-refractivity contribution in [1.29, 1.82) is 0 Å². The van der Waals surface area contributed by atoms with Crippen molar-refractivity contribution in [2.75, 3.05) is 0 Å². The number of hydrogen-bond acceptors (Lipinski definition) is 3. The fourth-order valence-electron chi connectivity index (χ4n) is 3.70. The van der Waals surface area contributed by atoms with Gasteiger partial charge >= 0.3 is 0 Å². The lowest BCUT2D eigenvalue weighted by atomic mass is 9.98. The van der Waals surface area contributed by atoms with E-state index in [1.54, 1.807) is 0 Å². The summed E-state index contributed by atoms with van der Waals surface area (Å²) in [6, 6.07) is 10.3. The van der Waals surface area contributed by atoms with Gasteiger partial charge in [0.25, 0.3) is 0 Å². The molecule has 2 aromatic rings. The molecule has 0 saturated heterocycles. The number of amides is 1. The number of nitrogens with one attached hydrogen (secondary N) is 2. The molecule has 5 heteroatoms. The molecule has 0 spiro atoms. The van der Waals surface area contributed by atoms with Crippen LogP contribution in [0, 0.1) is 13.8 Å². The first-order chi connectivity index (χ1) is 12.1. The Morgan fingerprint density at radius 1 is 1.32 bits per heavy atom. The summed E-state index contributed by atoms with van der Waals surface area (Å²) in [5, 5.41) is 10.4. The molecule has 25 heavy (non-hydrogen) atoms. The highest BCUT2D eigenvalue weighted by Gasteiger charge is 2.31. The van der Waals surface area contributed by atoms with Crippen LogP contribution in [0.2, 0.25) is 0 Å². The molecule has 0 unspecified atom stereocenters. The first kappa shape index (κ1) is 17.7. The summed E-state index contributed by atoms with van der Waals surface area (Å²) in [5.74, 6) is -0.165. The minimum absolute atomic E-state index is 0.0489. The van der Waals surface area contributed by atoms with Gasteiger partial charge in [-0.15, -0.1) is 0 Å². The van der Waals surface area contributed by atoms with Crippen molar-refractivity contribution in [2.24, 2.45) is 0 Å². The van der Waals surface area contributed by atoms with E-state index in [-0.39, 0.29) is 24.0 Å². The second kappa shape index (κ2) is 7.83. The van der Waals surface area contributed by atoms with Crippen LogP contribution in [0.25, 0.3) is 0 Å². The second-order valence-corrected chi connectivity index (χ2v) is 6.95. The van der Waals surface area contributed by atoms with Gasteiger partial charge in [0.2, 0.25) is 5.91 Å². The third-order valence-corrected chi connectivity index (χ3v) is 5.10. The maximum atomic E-state index is 12.7. The van der Waals surface area contributed by atoms with Gasteiger partial charge in [-0.25, -0.2) is 0 Å². The third kappa shape index (κ3) is 4.10. The summed E-state index contributed by atoms with van der Waals surface area (Å²) in [6.45, 7) is 6.42. The van der Waals surface area contributed by atoms with Crippen molar-refractivity contribution >= 4 is 5.91 Å². The van der Waals surface area contributed by atoms with Crippen LogP contribution < -0.4 is 5.32 Å². The van der Waals surface area contributed by atoms with Crippen LogP contribution in [0.15, 0.2) is 30.3 Å². The Hall–Kier alpha value is -2.14. The van der Waals surface area contributed by atoms with Crippen LogP contribution in [0.4, 0.5) is 0 Å². The molecule has 3 atom stereocenters. The van der Waals surface area contributed by atoms with Crippen LogP contribution in [0.1, 0.15) is 54.6 Å². The fourth-order valence-corrected chi connectivity index (χ4v) is 3.70. The summed E-state index contributed by atoms with van der Waals surface area (Å²) in [4.78, 5) is 12.7. The number of nitrogens with zero attached hydrogens (tertiary/aromatic N) is 1. The zero-order valence-corrected chi connectivity index (χ0v) is 15.2. The first-order valence-electron chi connectivity index (χ1n) is 9.03. The summed E-state index contributed by atoms with van der Waals surface area (Å²) in [6.07, 6.45) is 3.14. The van der Waals surface area contributed by atoms with Crippen molar-refractivity contribution in [3.8, 4) is 0 Å². The number of rotatable bonds is 6. The highest BCUT2D eigenvalue weighted by atomic mass is 16.5. The quantitative estimate of drug-likeness (QED) is 0.846. The molecule has 2 N–H and O–H groups in total. The third-order valence-electron chi connectivity index (χ3n) is 5.10. The van der Waals surface area contributed by atoms with Crippen LogP contribution in [0.3, 0.4) is 0 Å². The number of H-pyrrole nitrogens is 1. The Morgan fingerprint density at radius 2 is 2.08 bits per heavy atom. The SMILES string of the molecule is Cc1n[nH]c(C)c1[C@H](C)C(=O)N[C@H]1CCC[C@@H]1OCc1ccccc1. The molecule has 1 aliphatic rings. The molecule has 1 aliphatic carbocycles. The average Bonchev–Trinajstić information content (AvgIpc) is 3.19. The van der Waals surface area contributed by atoms with Crippen molar-refractivity contribution in [2.45, 2.75) is 64.7 Å². The molecule has 0 bridgehead atoms. The molecule has 1 fully saturated rings. The number of carbonyl (C=O) groups excluding carboxylic acids is 1. The number of hydrogen-bond donors (Lipinski definition) is 2. The average molecular weight is 341 g/mol. The van der Waals surface area contributed by atoms with Gasteiger partial charge < -0.3 is 10.1 Å². The molecule has 1 saturated carbocycles. The topological polar surface area (TPSA) is 67.0 Å². The standard InChI is InChI=1S/C20H27N3O2/c1-13(19-14(2)22-23-15(19)3)20(24)21-17-10-7-11-18(17)25-12-16-8-5-4-6-9-16/h4-6,8-9,13,17-18H,7,10-12H2,1-3H3,(H,21,24)(H,22,23)/t13-,17-,18-/m0/s1. The Bertz CT molecular complexity index is 691. The number of aryl methyl sites for hydroxylation is 2. The lowest BCUT2D eigenvalue weighted by Gasteiger charge is -2.23. The highest BCUT2D eigenvalue weighted by Crippen LogP contribution is 2.26. The second-order valence-electron chi connectivity index (χ2n) is 6.95. The Labute approximate surface area is 149 Å². The Kier molecular flexibility index (Phi) is 5.53. The van der Waals surface area contributed by atoms with Gasteiger partial charge in [0.05, 0.1) is 30.4 Å². The summed E-state index contributed by atoms with van der Waals surface area (Å²) < 4.78 is 6.09. The van der Waals surface area contributed by atoms with E-state index in [1.807, 2.05) is 39.0 Å². The predicted octanol–water partition coefficient (Wildman–Crippen LogP) is 3.38. The maximum Gasteiger partial charge on any atom is 0.227 e. The van der Waals surface area contributed by atoms with E-state index in [0.717, 1.165) is 41.8 Å². The molecule has 5 nitrogen and oxygen atoms in total. The van der Waals surface area contributed by atoms with Gasteiger partial charge in [-0.2, -0.15) is 5.10 Å². The number of carbonyl (C=O) groups is 1. The number of ether oxygens (including phenoxy) is 1. The monoisotopic (exact) mass is 341 g/mol. The zero-order chi connectivity index (χ0) is 17.8. The molecule has 1 aromatic carbocycles. The van der Waals surface area contributed by atoms with Crippen molar-refractivity contribution in [3.05, 3.63) is 52.8 Å². The lowest BCUT2D eigenvalue weighted by molar-refractivity contribution is -0.124. The fraction of sp³-hybridized carbons (Fsp3) is 0.500. The van der Waals surface area contributed by atoms with E-state index in [2.05, 4.69) is 27.6 Å². The van der Waals surface area contributed by atoms with Crippen molar-refractivity contribution < 1.29 is 9.53 Å². The van der Waals surface area contributed by atoms with Crippen LogP contribution in [0.5, 0.6) is 0 Å². The van der Waals surface area contributed by atoms with Crippen molar-refractivity contribution in [1.82, 2.24) is 15.5 Å². The summed E-state index contributed by atoms with van der Waals surface area (Å²) >= 11 is 0. The molecule has 1 heterocycles. The van der Waals surface area contributed by atoms with E-state index in [4.69, 9.17) is 4.74 Å². The minimum atomic E-state index is -0.214. The molecule has 0 aliphatic heterocycles. The van der Waals surface area contributed by atoms with Gasteiger partial charge in [0.15, 0.2) is 0 Å². The van der Waals surface area contributed by atoms with E-state index >= 15 is 0 Å². The smallest absolute Gasteiger partial charge is 0.227 e. The number of benzene rings is 1. The number of aromatic nitrogens is 2. The van der Waals surface area contributed by atoms with Crippen molar-refractivity contribution in [3.63, 3.8) is 0 Å². The normalized spacial score (nSPS) is 21.2. The number of aromatic amines is 1. The maximum absolute atomic E-state index is 12.7. The summed E-state index contributed by atoms with van der Waals surface area (Å²) in [5.41, 5.74) is 4.02. The van der Waals surface area contributed by atoms with E-state index in [9.17, 15) is 4.79 Å². The minimum Gasteiger partial charge on any atom is -0.371 e. The van der Waals surface area contributed by atoms with E-state index in [1.165, 1.54) is 0 Å². The molecule has 1 amide bonds. The van der Waals surface area contributed by atoms with Gasteiger partial charge in [-0.3, -0.25) is 9.89 Å². The molecule has 1 aromatic heterocycles.